The van der Waals surface area contributed by atoms with Crippen molar-refractivity contribution in [3.05, 3.63) is 29.3 Å². The molecule has 1 unspecified atom stereocenters. The van der Waals surface area contributed by atoms with Crippen molar-refractivity contribution in [3.63, 3.8) is 0 Å². The predicted molar refractivity (Wildman–Crippen MR) is 90.3 cm³/mol. The number of nitrogens with one attached hydrogen (secondary N) is 1. The Bertz CT molecular complexity index is 484. The number of carbonyl (C=O) groups is 1. The van der Waals surface area contributed by atoms with Crippen molar-refractivity contribution in [3.8, 4) is 5.75 Å². The molecule has 1 aromatic rings. The zero-order chi connectivity index (χ0) is 15.8. The van der Waals surface area contributed by atoms with Gasteiger partial charge in [0, 0.05) is 6.54 Å². The first-order chi connectivity index (χ1) is 10.7. The molecular weight excluding hydrogens is 274 g/mol. The fraction of sp³-hybridized carbons (Fsp3) is 0.632. The molecule has 3 heteroatoms. The highest BCUT2D eigenvalue weighted by atomic mass is 16.5. The molecule has 1 aromatic carbocycles. The minimum atomic E-state index is -0.386. The van der Waals surface area contributed by atoms with Gasteiger partial charge in [-0.2, -0.15) is 0 Å². The Morgan fingerprint density at radius 2 is 1.95 bits per heavy atom. The van der Waals surface area contributed by atoms with E-state index in [-0.39, 0.29) is 12.0 Å². The number of rotatable bonds is 8. The number of ether oxygens (including phenoxy) is 1. The summed E-state index contributed by atoms with van der Waals surface area (Å²) in [5.41, 5.74) is 2.83. The molecule has 1 aliphatic carbocycles. The molecule has 3 nitrogen and oxygen atoms in total. The summed E-state index contributed by atoms with van der Waals surface area (Å²) in [6.45, 7) is 4.90. The van der Waals surface area contributed by atoms with E-state index in [4.69, 9.17) is 4.74 Å². The third-order valence-corrected chi connectivity index (χ3v) is 4.34. The van der Waals surface area contributed by atoms with Crippen molar-refractivity contribution < 1.29 is 9.53 Å². The molecule has 1 aliphatic rings. The van der Waals surface area contributed by atoms with Crippen molar-refractivity contribution >= 4 is 5.91 Å². The van der Waals surface area contributed by atoms with Crippen LogP contribution in [0.2, 0.25) is 0 Å². The zero-order valence-electron chi connectivity index (χ0n) is 14.0. The highest BCUT2D eigenvalue weighted by Gasteiger charge is 2.18. The first-order valence-electron chi connectivity index (χ1n) is 8.80. The average Bonchev–Trinajstić information content (AvgIpc) is 2.56. The molecule has 0 aromatic heterocycles. The lowest BCUT2D eigenvalue weighted by atomic mass is 9.92. The zero-order valence-corrected chi connectivity index (χ0v) is 14.0. The van der Waals surface area contributed by atoms with Crippen molar-refractivity contribution in [2.75, 3.05) is 6.54 Å². The van der Waals surface area contributed by atoms with Crippen LogP contribution in [0.1, 0.15) is 63.5 Å². The number of benzene rings is 1. The Balaban J connectivity index is 1.90. The number of hydrogen-bond donors (Lipinski definition) is 1. The highest BCUT2D eigenvalue weighted by Crippen LogP contribution is 2.26. The van der Waals surface area contributed by atoms with Crippen LogP contribution in [0.5, 0.6) is 5.75 Å². The maximum Gasteiger partial charge on any atom is 0.261 e. The summed E-state index contributed by atoms with van der Waals surface area (Å²) >= 11 is 0. The van der Waals surface area contributed by atoms with Crippen molar-refractivity contribution in [2.24, 2.45) is 0 Å². The van der Waals surface area contributed by atoms with Gasteiger partial charge < -0.3 is 10.1 Å². The van der Waals surface area contributed by atoms with Gasteiger partial charge in [0.05, 0.1) is 0 Å². The molecule has 0 radical (unpaired) electrons. The van der Waals surface area contributed by atoms with Gasteiger partial charge in [-0.1, -0.05) is 32.8 Å². The van der Waals surface area contributed by atoms with E-state index in [2.05, 4.69) is 24.4 Å². The molecule has 0 spiro atoms. The maximum absolute atomic E-state index is 12.2. The summed E-state index contributed by atoms with van der Waals surface area (Å²) < 4.78 is 5.94. The summed E-state index contributed by atoms with van der Waals surface area (Å²) in [5.74, 6) is 0.840. The molecule has 0 saturated carbocycles. The monoisotopic (exact) mass is 303 g/mol. The standard InChI is InChI=1S/C19H29NO2/c1-3-5-8-13-20-19(21)18(4-2)22-17-12-11-15-9-6-7-10-16(15)14-17/h11-12,14,18H,3-10,13H2,1-2H3,(H,20,21). The van der Waals surface area contributed by atoms with Gasteiger partial charge in [-0.25, -0.2) is 0 Å². The van der Waals surface area contributed by atoms with Crippen LogP contribution < -0.4 is 10.1 Å². The number of unbranched alkanes of at least 4 members (excludes halogenated alkanes) is 2. The van der Waals surface area contributed by atoms with Crippen molar-refractivity contribution in [1.82, 2.24) is 5.32 Å². The van der Waals surface area contributed by atoms with E-state index in [1.807, 2.05) is 13.0 Å². The van der Waals surface area contributed by atoms with Crippen LogP contribution in [-0.4, -0.2) is 18.6 Å². The third kappa shape index (κ3) is 4.75. The second-order valence-electron chi connectivity index (χ2n) is 6.15. The SMILES string of the molecule is CCCCCNC(=O)C(CC)Oc1ccc2c(c1)CCCC2. The van der Waals surface area contributed by atoms with E-state index in [0.717, 1.165) is 31.6 Å². The van der Waals surface area contributed by atoms with E-state index in [9.17, 15) is 4.79 Å². The molecule has 0 saturated heterocycles. The Labute approximate surface area is 134 Å². The molecule has 1 atom stereocenters. The molecule has 0 bridgehead atoms. The third-order valence-electron chi connectivity index (χ3n) is 4.34. The first kappa shape index (κ1) is 16.9. The minimum absolute atomic E-state index is 0.0105. The normalized spacial score (nSPS) is 15.0. The van der Waals surface area contributed by atoms with Crippen LogP contribution >= 0.6 is 0 Å². The predicted octanol–water partition coefficient (Wildman–Crippen LogP) is 4.03. The van der Waals surface area contributed by atoms with Crippen molar-refractivity contribution in [2.45, 2.75) is 71.3 Å². The number of amides is 1. The van der Waals surface area contributed by atoms with E-state index in [0.29, 0.717) is 6.42 Å². The molecular formula is C19H29NO2. The lowest BCUT2D eigenvalue weighted by molar-refractivity contribution is -0.128. The fourth-order valence-electron chi connectivity index (χ4n) is 2.97. The molecule has 0 fully saturated rings. The second-order valence-corrected chi connectivity index (χ2v) is 6.15. The summed E-state index contributed by atoms with van der Waals surface area (Å²) in [5, 5.41) is 2.99. The van der Waals surface area contributed by atoms with Crippen LogP contribution in [0, 0.1) is 0 Å². The molecule has 1 amide bonds. The smallest absolute Gasteiger partial charge is 0.261 e. The maximum atomic E-state index is 12.2. The van der Waals surface area contributed by atoms with Crippen LogP contribution in [0.15, 0.2) is 18.2 Å². The second kappa shape index (κ2) is 8.82. The Morgan fingerprint density at radius 3 is 2.68 bits per heavy atom. The summed E-state index contributed by atoms with van der Waals surface area (Å²) in [7, 11) is 0. The van der Waals surface area contributed by atoms with Gasteiger partial charge in [0.1, 0.15) is 5.75 Å². The average molecular weight is 303 g/mol. The van der Waals surface area contributed by atoms with E-state index in [1.54, 1.807) is 0 Å². The Hall–Kier alpha value is -1.51. The molecule has 1 N–H and O–H groups in total. The lowest BCUT2D eigenvalue weighted by Gasteiger charge is -2.20. The van der Waals surface area contributed by atoms with Gasteiger partial charge in [-0.3, -0.25) is 4.79 Å². The van der Waals surface area contributed by atoms with Crippen LogP contribution in [0.25, 0.3) is 0 Å². The quantitative estimate of drug-likeness (QED) is 0.736. The van der Waals surface area contributed by atoms with Gasteiger partial charge in [0.25, 0.3) is 5.91 Å². The molecule has 122 valence electrons. The van der Waals surface area contributed by atoms with Gasteiger partial charge >= 0.3 is 0 Å². The van der Waals surface area contributed by atoms with Gasteiger partial charge in [-0.05, 0) is 61.8 Å². The van der Waals surface area contributed by atoms with Gasteiger partial charge in [-0.15, -0.1) is 0 Å². The largest absolute Gasteiger partial charge is 0.481 e. The number of carbonyl (C=O) groups excluding carboxylic acids is 1. The molecule has 2 rings (SSSR count). The van der Waals surface area contributed by atoms with Crippen LogP contribution in [-0.2, 0) is 17.6 Å². The number of hydrogen-bond acceptors (Lipinski definition) is 2. The molecule has 0 heterocycles. The Morgan fingerprint density at radius 1 is 1.18 bits per heavy atom. The highest BCUT2D eigenvalue weighted by molar-refractivity contribution is 5.81. The summed E-state index contributed by atoms with van der Waals surface area (Å²) in [6, 6.07) is 6.30. The van der Waals surface area contributed by atoms with Crippen molar-refractivity contribution in [1.29, 1.82) is 0 Å². The Kier molecular flexibility index (Phi) is 6.75. The first-order valence-corrected chi connectivity index (χ1v) is 8.80. The van der Waals surface area contributed by atoms with E-state index < -0.39 is 0 Å². The number of aryl methyl sites for hydroxylation is 2. The molecule has 0 aliphatic heterocycles. The summed E-state index contributed by atoms with van der Waals surface area (Å²) in [4.78, 5) is 12.2. The van der Waals surface area contributed by atoms with Crippen LogP contribution in [0.4, 0.5) is 0 Å². The molecule has 22 heavy (non-hydrogen) atoms. The van der Waals surface area contributed by atoms with E-state index >= 15 is 0 Å². The van der Waals surface area contributed by atoms with Gasteiger partial charge in [0.2, 0.25) is 0 Å². The van der Waals surface area contributed by atoms with E-state index in [1.165, 1.54) is 36.8 Å². The van der Waals surface area contributed by atoms with Gasteiger partial charge in [0.15, 0.2) is 6.10 Å². The topological polar surface area (TPSA) is 38.3 Å². The minimum Gasteiger partial charge on any atom is -0.481 e. The van der Waals surface area contributed by atoms with Crippen LogP contribution in [0.3, 0.4) is 0 Å². The number of fused-ring (bicyclic) bond motifs is 1. The summed E-state index contributed by atoms with van der Waals surface area (Å²) in [6.07, 6.45) is 8.51. The fourth-order valence-corrected chi connectivity index (χ4v) is 2.97. The lowest BCUT2D eigenvalue weighted by Crippen LogP contribution is -2.38.